The summed E-state index contributed by atoms with van der Waals surface area (Å²) in [5, 5.41) is 0. The molecule has 0 fully saturated rings. The third-order valence-electron chi connectivity index (χ3n) is 3.47. The van der Waals surface area contributed by atoms with Crippen LogP contribution in [0.15, 0.2) is 42.7 Å². The third kappa shape index (κ3) is 1.82. The van der Waals surface area contributed by atoms with Crippen molar-refractivity contribution in [3.05, 3.63) is 48.3 Å². The van der Waals surface area contributed by atoms with Crippen molar-refractivity contribution in [2.75, 3.05) is 0 Å². The molecule has 0 spiro atoms. The molecule has 0 saturated heterocycles. The van der Waals surface area contributed by atoms with E-state index < -0.39 is 0 Å². The van der Waals surface area contributed by atoms with Crippen LogP contribution in [-0.2, 0) is 7.05 Å². The van der Waals surface area contributed by atoms with Gasteiger partial charge in [-0.2, -0.15) is 0 Å². The van der Waals surface area contributed by atoms with Crippen LogP contribution in [0.2, 0.25) is 0 Å². The molecular weight excluding hydrogens is 234 g/mol. The van der Waals surface area contributed by atoms with Gasteiger partial charge < -0.3 is 4.57 Å². The molecule has 96 valence electrons. The SMILES string of the molecule is CC(C)c1c(-c2ccccc2)n(C)c2nccnc12. The standard InChI is InChI=1S/C16H17N3/c1-11(2)13-14-16(18-10-9-17-14)19(3)15(13)12-7-5-4-6-8-12/h4-11H,1-3H3. The van der Waals surface area contributed by atoms with E-state index in [4.69, 9.17) is 0 Å². The van der Waals surface area contributed by atoms with E-state index in [0.717, 1.165) is 11.2 Å². The van der Waals surface area contributed by atoms with Crippen LogP contribution in [0, 0.1) is 0 Å². The quantitative estimate of drug-likeness (QED) is 0.694. The zero-order valence-electron chi connectivity index (χ0n) is 11.5. The molecule has 0 radical (unpaired) electrons. The van der Waals surface area contributed by atoms with Crippen molar-refractivity contribution < 1.29 is 0 Å². The Kier molecular flexibility index (Phi) is 2.82. The largest absolute Gasteiger partial charge is 0.327 e. The topological polar surface area (TPSA) is 30.7 Å². The normalized spacial score (nSPS) is 11.4. The first-order chi connectivity index (χ1) is 9.20. The molecule has 0 aliphatic rings. The van der Waals surface area contributed by atoms with Gasteiger partial charge >= 0.3 is 0 Å². The van der Waals surface area contributed by atoms with Gasteiger partial charge in [0.1, 0.15) is 5.52 Å². The Balaban J connectivity index is 2.41. The molecule has 0 unspecified atom stereocenters. The highest BCUT2D eigenvalue weighted by Crippen LogP contribution is 2.35. The maximum Gasteiger partial charge on any atom is 0.159 e. The lowest BCUT2D eigenvalue weighted by atomic mass is 9.98. The number of fused-ring (bicyclic) bond motifs is 1. The van der Waals surface area contributed by atoms with Crippen molar-refractivity contribution in [1.29, 1.82) is 0 Å². The van der Waals surface area contributed by atoms with E-state index in [1.54, 1.807) is 12.4 Å². The molecule has 0 atom stereocenters. The monoisotopic (exact) mass is 251 g/mol. The van der Waals surface area contributed by atoms with Crippen molar-refractivity contribution in [1.82, 2.24) is 14.5 Å². The molecule has 0 aliphatic heterocycles. The maximum absolute atomic E-state index is 4.53. The van der Waals surface area contributed by atoms with Gasteiger partial charge in [0.15, 0.2) is 5.65 Å². The molecule has 3 aromatic rings. The zero-order chi connectivity index (χ0) is 13.4. The smallest absolute Gasteiger partial charge is 0.159 e. The summed E-state index contributed by atoms with van der Waals surface area (Å²) in [5.74, 6) is 0.413. The molecular formula is C16H17N3. The van der Waals surface area contributed by atoms with E-state index in [-0.39, 0.29) is 0 Å². The van der Waals surface area contributed by atoms with Crippen molar-refractivity contribution in [2.45, 2.75) is 19.8 Å². The minimum absolute atomic E-state index is 0.413. The Bertz CT molecular complexity index is 711. The molecule has 3 heteroatoms. The third-order valence-corrected chi connectivity index (χ3v) is 3.47. The predicted molar refractivity (Wildman–Crippen MR) is 78.0 cm³/mol. The van der Waals surface area contributed by atoms with Gasteiger partial charge in [-0.05, 0) is 11.5 Å². The van der Waals surface area contributed by atoms with Crippen LogP contribution < -0.4 is 0 Å². The minimum Gasteiger partial charge on any atom is -0.327 e. The summed E-state index contributed by atoms with van der Waals surface area (Å²) in [6.45, 7) is 4.41. The van der Waals surface area contributed by atoms with Gasteiger partial charge in [0.25, 0.3) is 0 Å². The first-order valence-corrected chi connectivity index (χ1v) is 6.55. The van der Waals surface area contributed by atoms with Crippen LogP contribution in [0.1, 0.15) is 25.3 Å². The summed E-state index contributed by atoms with van der Waals surface area (Å²) in [4.78, 5) is 9.00. The Morgan fingerprint density at radius 2 is 1.68 bits per heavy atom. The lowest BCUT2D eigenvalue weighted by Gasteiger charge is -2.10. The second-order valence-corrected chi connectivity index (χ2v) is 5.07. The van der Waals surface area contributed by atoms with E-state index in [1.165, 1.54) is 16.8 Å². The van der Waals surface area contributed by atoms with Crippen molar-refractivity contribution in [3.8, 4) is 11.3 Å². The molecule has 0 amide bonds. The van der Waals surface area contributed by atoms with Crippen LogP contribution in [0.4, 0.5) is 0 Å². The van der Waals surface area contributed by atoms with E-state index in [1.807, 2.05) is 6.07 Å². The lowest BCUT2D eigenvalue weighted by Crippen LogP contribution is -1.95. The fourth-order valence-electron chi connectivity index (χ4n) is 2.66. The highest BCUT2D eigenvalue weighted by Gasteiger charge is 2.20. The van der Waals surface area contributed by atoms with Crippen molar-refractivity contribution in [3.63, 3.8) is 0 Å². The maximum atomic E-state index is 4.53. The van der Waals surface area contributed by atoms with Crippen LogP contribution in [-0.4, -0.2) is 14.5 Å². The molecule has 19 heavy (non-hydrogen) atoms. The highest BCUT2D eigenvalue weighted by atomic mass is 15.0. The number of rotatable bonds is 2. The van der Waals surface area contributed by atoms with E-state index >= 15 is 0 Å². The fraction of sp³-hybridized carbons (Fsp3) is 0.250. The molecule has 1 aromatic carbocycles. The average Bonchev–Trinajstić information content (AvgIpc) is 2.74. The molecule has 3 nitrogen and oxygen atoms in total. The Morgan fingerprint density at radius 1 is 1.00 bits per heavy atom. The second kappa shape index (κ2) is 4.50. The Hall–Kier alpha value is -2.16. The van der Waals surface area contributed by atoms with E-state index in [2.05, 4.69) is 59.7 Å². The molecule has 2 aromatic heterocycles. The highest BCUT2D eigenvalue weighted by molar-refractivity contribution is 5.86. The number of aryl methyl sites for hydroxylation is 1. The number of hydrogen-bond donors (Lipinski definition) is 0. The first-order valence-electron chi connectivity index (χ1n) is 6.55. The van der Waals surface area contributed by atoms with Gasteiger partial charge in [-0.25, -0.2) is 4.98 Å². The molecule has 0 bridgehead atoms. The van der Waals surface area contributed by atoms with Crippen molar-refractivity contribution in [2.24, 2.45) is 7.05 Å². The lowest BCUT2D eigenvalue weighted by molar-refractivity contribution is 0.860. The summed E-state index contributed by atoms with van der Waals surface area (Å²) in [6.07, 6.45) is 3.52. The molecule has 0 N–H and O–H groups in total. The second-order valence-electron chi connectivity index (χ2n) is 5.07. The van der Waals surface area contributed by atoms with Gasteiger partial charge in [0, 0.05) is 25.0 Å². The molecule has 0 saturated carbocycles. The number of hydrogen-bond acceptors (Lipinski definition) is 2. The van der Waals surface area contributed by atoms with Gasteiger partial charge in [-0.3, -0.25) is 4.98 Å². The molecule has 3 rings (SSSR count). The summed E-state index contributed by atoms with van der Waals surface area (Å²) in [6, 6.07) is 10.5. The van der Waals surface area contributed by atoms with Gasteiger partial charge in [-0.1, -0.05) is 44.2 Å². The van der Waals surface area contributed by atoms with Crippen LogP contribution >= 0.6 is 0 Å². The summed E-state index contributed by atoms with van der Waals surface area (Å²) < 4.78 is 2.15. The summed E-state index contributed by atoms with van der Waals surface area (Å²) in [7, 11) is 2.06. The molecule has 0 aliphatic carbocycles. The van der Waals surface area contributed by atoms with Gasteiger partial charge in [-0.15, -0.1) is 0 Å². The predicted octanol–water partition coefficient (Wildman–Crippen LogP) is 3.76. The molecule has 2 heterocycles. The van der Waals surface area contributed by atoms with E-state index in [0.29, 0.717) is 5.92 Å². The van der Waals surface area contributed by atoms with Crippen LogP contribution in [0.3, 0.4) is 0 Å². The zero-order valence-corrected chi connectivity index (χ0v) is 11.5. The first kappa shape index (κ1) is 11.9. The Morgan fingerprint density at radius 3 is 2.37 bits per heavy atom. The van der Waals surface area contributed by atoms with Gasteiger partial charge in [0.05, 0.1) is 5.69 Å². The fourth-order valence-corrected chi connectivity index (χ4v) is 2.66. The number of aromatic nitrogens is 3. The Labute approximate surface area is 112 Å². The van der Waals surface area contributed by atoms with Crippen LogP contribution in [0.5, 0.6) is 0 Å². The summed E-state index contributed by atoms with van der Waals surface area (Å²) in [5.41, 5.74) is 5.67. The number of nitrogens with zero attached hydrogens (tertiary/aromatic N) is 3. The number of benzene rings is 1. The van der Waals surface area contributed by atoms with E-state index in [9.17, 15) is 0 Å². The van der Waals surface area contributed by atoms with Crippen molar-refractivity contribution >= 4 is 11.2 Å². The van der Waals surface area contributed by atoms with Gasteiger partial charge in [0.2, 0.25) is 0 Å². The average molecular weight is 251 g/mol. The van der Waals surface area contributed by atoms with Crippen LogP contribution in [0.25, 0.3) is 22.4 Å². The minimum atomic E-state index is 0.413. The summed E-state index contributed by atoms with van der Waals surface area (Å²) >= 11 is 0.